The van der Waals surface area contributed by atoms with Crippen LogP contribution in [0.15, 0.2) is 104 Å². The zero-order valence-electron chi connectivity index (χ0n) is 17.4. The van der Waals surface area contributed by atoms with Crippen LogP contribution in [0.5, 0.6) is 0 Å². The van der Waals surface area contributed by atoms with Crippen molar-refractivity contribution in [3.63, 3.8) is 0 Å². The van der Waals surface area contributed by atoms with Crippen LogP contribution < -0.4 is 0 Å². The summed E-state index contributed by atoms with van der Waals surface area (Å²) in [5, 5.41) is 1.31. The van der Waals surface area contributed by atoms with Gasteiger partial charge < -0.3 is 4.98 Å². The van der Waals surface area contributed by atoms with Gasteiger partial charge in [0.05, 0.1) is 0 Å². The maximum atomic E-state index is 4.36. The van der Waals surface area contributed by atoms with E-state index in [-0.39, 0.29) is 0 Å². The first kappa shape index (κ1) is 19.9. The standard InChI is InChI=1S/C28H28N2/c1-22(24-11-5-3-6-12-24)20-30(21-23(2)25-13-7-4-8-14-25)18-17-26-19-29-28-16-10-9-15-27(26)28/h3-16,19,29H,1-2,17-18,20-21H2. The van der Waals surface area contributed by atoms with Crippen molar-refractivity contribution < 1.29 is 0 Å². The van der Waals surface area contributed by atoms with Crippen LogP contribution in [0.3, 0.4) is 0 Å². The molecule has 0 saturated heterocycles. The molecule has 2 nitrogen and oxygen atoms in total. The Hall–Kier alpha value is -3.36. The number of aromatic amines is 1. The highest BCUT2D eigenvalue weighted by molar-refractivity contribution is 5.83. The summed E-state index contributed by atoms with van der Waals surface area (Å²) in [4.78, 5) is 5.84. The molecule has 0 bridgehead atoms. The fourth-order valence-electron chi connectivity index (χ4n) is 3.90. The summed E-state index contributed by atoms with van der Waals surface area (Å²) < 4.78 is 0. The largest absolute Gasteiger partial charge is 0.361 e. The van der Waals surface area contributed by atoms with Gasteiger partial charge in [0.15, 0.2) is 0 Å². The molecule has 0 aliphatic heterocycles. The van der Waals surface area contributed by atoms with Crippen molar-refractivity contribution in [2.24, 2.45) is 0 Å². The average Bonchev–Trinajstić information content (AvgIpc) is 3.21. The molecule has 1 aromatic heterocycles. The minimum absolute atomic E-state index is 0.818. The van der Waals surface area contributed by atoms with Gasteiger partial charge in [-0.25, -0.2) is 0 Å². The summed E-state index contributed by atoms with van der Waals surface area (Å²) in [7, 11) is 0. The van der Waals surface area contributed by atoms with Gasteiger partial charge in [0, 0.05) is 36.7 Å². The second-order valence-electron chi connectivity index (χ2n) is 7.76. The molecule has 0 aliphatic rings. The molecule has 0 unspecified atom stereocenters. The average molecular weight is 393 g/mol. The van der Waals surface area contributed by atoms with E-state index in [0.717, 1.165) is 37.2 Å². The van der Waals surface area contributed by atoms with Crippen LogP contribution in [0.2, 0.25) is 0 Å². The van der Waals surface area contributed by atoms with Gasteiger partial charge in [0.2, 0.25) is 0 Å². The summed E-state index contributed by atoms with van der Waals surface area (Å²) in [5.74, 6) is 0. The molecule has 4 rings (SSSR count). The molecule has 0 aliphatic carbocycles. The predicted molar refractivity (Wildman–Crippen MR) is 129 cm³/mol. The fraction of sp³-hybridized carbons (Fsp3) is 0.143. The van der Waals surface area contributed by atoms with Gasteiger partial charge >= 0.3 is 0 Å². The molecule has 0 fully saturated rings. The summed E-state index contributed by atoms with van der Waals surface area (Å²) in [6.07, 6.45) is 3.12. The van der Waals surface area contributed by atoms with Gasteiger partial charge in [0.25, 0.3) is 0 Å². The third-order valence-corrected chi connectivity index (χ3v) is 5.57. The molecule has 1 heterocycles. The highest BCUT2D eigenvalue weighted by Gasteiger charge is 2.12. The number of rotatable bonds is 9. The molecule has 150 valence electrons. The first-order valence-electron chi connectivity index (χ1n) is 10.4. The third-order valence-electron chi connectivity index (χ3n) is 5.57. The summed E-state index contributed by atoms with van der Waals surface area (Å²) in [6.45, 7) is 11.3. The lowest BCUT2D eigenvalue weighted by Gasteiger charge is -2.25. The van der Waals surface area contributed by atoms with Crippen LogP contribution in [0, 0.1) is 0 Å². The zero-order valence-corrected chi connectivity index (χ0v) is 17.4. The van der Waals surface area contributed by atoms with Gasteiger partial charge in [-0.2, -0.15) is 0 Å². The molecular formula is C28H28N2. The zero-order chi connectivity index (χ0) is 20.8. The lowest BCUT2D eigenvalue weighted by Crippen LogP contribution is -2.29. The van der Waals surface area contributed by atoms with Gasteiger partial charge in [0.1, 0.15) is 0 Å². The second kappa shape index (κ2) is 9.43. The molecule has 0 spiro atoms. The molecule has 1 N–H and O–H groups in total. The Balaban J connectivity index is 1.50. The molecule has 3 aromatic carbocycles. The van der Waals surface area contributed by atoms with E-state index in [9.17, 15) is 0 Å². The van der Waals surface area contributed by atoms with E-state index < -0.39 is 0 Å². The normalized spacial score (nSPS) is 11.1. The van der Waals surface area contributed by atoms with E-state index in [1.165, 1.54) is 27.6 Å². The van der Waals surface area contributed by atoms with Crippen molar-refractivity contribution in [2.75, 3.05) is 19.6 Å². The Morgan fingerprint density at radius 3 is 1.83 bits per heavy atom. The number of nitrogens with zero attached hydrogens (tertiary/aromatic N) is 1. The Labute approximate surface area is 179 Å². The molecular weight excluding hydrogens is 364 g/mol. The number of hydrogen-bond acceptors (Lipinski definition) is 1. The highest BCUT2D eigenvalue weighted by atomic mass is 15.1. The molecule has 2 heteroatoms. The van der Waals surface area contributed by atoms with Crippen molar-refractivity contribution in [3.8, 4) is 0 Å². The minimum Gasteiger partial charge on any atom is -0.361 e. The monoisotopic (exact) mass is 392 g/mol. The van der Waals surface area contributed by atoms with Crippen LogP contribution in [0.4, 0.5) is 0 Å². The van der Waals surface area contributed by atoms with Crippen molar-refractivity contribution in [1.82, 2.24) is 9.88 Å². The Bertz CT molecular complexity index is 1070. The lowest BCUT2D eigenvalue weighted by molar-refractivity contribution is 0.350. The quantitative estimate of drug-likeness (QED) is 0.347. The van der Waals surface area contributed by atoms with E-state index in [4.69, 9.17) is 0 Å². The number of para-hydroxylation sites is 1. The number of fused-ring (bicyclic) bond motifs is 1. The topological polar surface area (TPSA) is 19.0 Å². The number of H-pyrrole nitrogens is 1. The first-order valence-corrected chi connectivity index (χ1v) is 10.4. The molecule has 4 aromatic rings. The van der Waals surface area contributed by atoms with Crippen LogP contribution in [0.1, 0.15) is 16.7 Å². The van der Waals surface area contributed by atoms with Crippen molar-refractivity contribution >= 4 is 22.0 Å². The SMILES string of the molecule is C=C(CN(CCc1c[nH]c2ccccc12)CC(=C)c1ccccc1)c1ccccc1. The van der Waals surface area contributed by atoms with E-state index in [1.54, 1.807) is 0 Å². The van der Waals surface area contributed by atoms with Crippen LogP contribution in [-0.2, 0) is 6.42 Å². The van der Waals surface area contributed by atoms with Gasteiger partial charge in [-0.15, -0.1) is 0 Å². The summed E-state index contributed by atoms with van der Waals surface area (Å²) in [5.41, 5.74) is 7.21. The highest BCUT2D eigenvalue weighted by Crippen LogP contribution is 2.21. The van der Waals surface area contributed by atoms with Crippen LogP contribution in [0.25, 0.3) is 22.0 Å². The molecule has 0 radical (unpaired) electrons. The fourth-order valence-corrected chi connectivity index (χ4v) is 3.90. The maximum Gasteiger partial charge on any atom is 0.0456 e. The number of aromatic nitrogens is 1. The third kappa shape index (κ3) is 4.79. The molecule has 0 saturated carbocycles. The lowest BCUT2D eigenvalue weighted by atomic mass is 10.0. The Kier molecular flexibility index (Phi) is 6.26. The van der Waals surface area contributed by atoms with Crippen LogP contribution in [-0.4, -0.2) is 29.5 Å². The maximum absolute atomic E-state index is 4.36. The van der Waals surface area contributed by atoms with Crippen molar-refractivity contribution in [1.29, 1.82) is 0 Å². The first-order chi connectivity index (χ1) is 14.7. The minimum atomic E-state index is 0.818. The summed E-state index contributed by atoms with van der Waals surface area (Å²) in [6, 6.07) is 29.4. The Morgan fingerprint density at radius 1 is 0.700 bits per heavy atom. The van der Waals surface area contributed by atoms with Crippen molar-refractivity contribution in [2.45, 2.75) is 6.42 Å². The Morgan fingerprint density at radius 2 is 1.23 bits per heavy atom. The van der Waals surface area contributed by atoms with Gasteiger partial charge in [-0.3, -0.25) is 4.90 Å². The number of nitrogens with one attached hydrogen (secondary N) is 1. The summed E-state index contributed by atoms with van der Waals surface area (Å²) >= 11 is 0. The van der Waals surface area contributed by atoms with E-state index >= 15 is 0 Å². The smallest absolute Gasteiger partial charge is 0.0456 e. The van der Waals surface area contributed by atoms with E-state index in [0.29, 0.717) is 0 Å². The van der Waals surface area contributed by atoms with Gasteiger partial charge in [-0.1, -0.05) is 92.0 Å². The molecule has 30 heavy (non-hydrogen) atoms. The number of benzene rings is 3. The molecule has 0 atom stereocenters. The predicted octanol–water partition coefficient (Wildman–Crippen LogP) is 6.44. The van der Waals surface area contributed by atoms with Gasteiger partial charge in [-0.05, 0) is 40.3 Å². The second-order valence-corrected chi connectivity index (χ2v) is 7.76. The molecule has 0 amide bonds. The van der Waals surface area contributed by atoms with E-state index in [1.807, 2.05) is 12.1 Å². The van der Waals surface area contributed by atoms with E-state index in [2.05, 4.69) is 102 Å². The number of hydrogen-bond donors (Lipinski definition) is 1. The van der Waals surface area contributed by atoms with Crippen molar-refractivity contribution in [3.05, 3.63) is 121 Å². The van der Waals surface area contributed by atoms with Crippen LogP contribution >= 0.6 is 0 Å².